The molecule has 1 aromatic rings. The molecule has 0 bridgehead atoms. The van der Waals surface area contributed by atoms with Crippen LogP contribution in [-0.2, 0) is 4.74 Å². The number of ether oxygens (including phenoxy) is 1. The van der Waals surface area contributed by atoms with Crippen LogP contribution in [0.3, 0.4) is 0 Å². The maximum atomic E-state index is 11.3. The molecular formula is C10H12O3S. The van der Waals surface area contributed by atoms with Gasteiger partial charge in [0.05, 0.1) is 12.2 Å². The van der Waals surface area contributed by atoms with E-state index < -0.39 is 0 Å². The average Bonchev–Trinajstić information content (AvgIpc) is 2.19. The molecule has 0 unspecified atom stereocenters. The van der Waals surface area contributed by atoms with Gasteiger partial charge in [0.25, 0.3) is 0 Å². The third-order valence-corrected chi connectivity index (χ3v) is 1.95. The van der Waals surface area contributed by atoms with Crippen LogP contribution in [0.4, 0.5) is 0 Å². The van der Waals surface area contributed by atoms with Crippen LogP contribution in [0, 0.1) is 0 Å². The zero-order valence-electron chi connectivity index (χ0n) is 7.64. The third kappa shape index (κ3) is 3.30. The Morgan fingerprint density at radius 3 is 2.57 bits per heavy atom. The van der Waals surface area contributed by atoms with Crippen molar-refractivity contribution in [3.05, 3.63) is 29.8 Å². The van der Waals surface area contributed by atoms with E-state index in [0.717, 1.165) is 6.42 Å². The highest BCUT2D eigenvalue weighted by molar-refractivity contribution is 7.80. The number of hydrogen-bond donors (Lipinski definition) is 2. The molecule has 0 saturated heterocycles. The van der Waals surface area contributed by atoms with E-state index >= 15 is 0 Å². The summed E-state index contributed by atoms with van der Waals surface area (Å²) in [5, 5.41) is 8.99. The van der Waals surface area contributed by atoms with Gasteiger partial charge in [0, 0.05) is 0 Å². The highest BCUT2D eigenvalue weighted by Crippen LogP contribution is 2.10. The first-order valence-corrected chi connectivity index (χ1v) is 4.94. The Labute approximate surface area is 88.1 Å². The van der Waals surface area contributed by atoms with E-state index in [1.54, 1.807) is 0 Å². The summed E-state index contributed by atoms with van der Waals surface area (Å²) in [6.07, 6.45) is 0.743. The Kier molecular flexibility index (Phi) is 4.32. The Bertz CT molecular complexity index is 295. The van der Waals surface area contributed by atoms with Gasteiger partial charge in [0.1, 0.15) is 5.75 Å². The van der Waals surface area contributed by atoms with Gasteiger partial charge >= 0.3 is 5.97 Å². The molecule has 0 atom stereocenters. The first kappa shape index (κ1) is 10.9. The molecule has 4 heteroatoms. The van der Waals surface area contributed by atoms with Crippen LogP contribution >= 0.6 is 12.6 Å². The number of hydrogen-bond acceptors (Lipinski definition) is 4. The number of carbonyl (C=O) groups is 1. The molecule has 0 amide bonds. The summed E-state index contributed by atoms with van der Waals surface area (Å²) in [6, 6.07) is 5.96. The van der Waals surface area contributed by atoms with E-state index in [1.807, 2.05) is 0 Å². The second-order valence-electron chi connectivity index (χ2n) is 2.76. The quantitative estimate of drug-likeness (QED) is 0.455. The summed E-state index contributed by atoms with van der Waals surface area (Å²) < 4.78 is 4.94. The van der Waals surface area contributed by atoms with Gasteiger partial charge in [0.2, 0.25) is 0 Å². The maximum Gasteiger partial charge on any atom is 0.338 e. The predicted molar refractivity (Wildman–Crippen MR) is 56.9 cm³/mol. The second-order valence-corrected chi connectivity index (χ2v) is 3.21. The number of carbonyl (C=O) groups excluding carboxylic acids is 1. The maximum absolute atomic E-state index is 11.3. The van der Waals surface area contributed by atoms with Crippen LogP contribution in [-0.4, -0.2) is 23.4 Å². The predicted octanol–water partition coefficient (Wildman–Crippen LogP) is 1.87. The normalized spacial score (nSPS) is 9.79. The first-order valence-electron chi connectivity index (χ1n) is 4.31. The second kappa shape index (κ2) is 5.54. The van der Waals surface area contributed by atoms with E-state index in [4.69, 9.17) is 9.84 Å². The Morgan fingerprint density at radius 2 is 2.00 bits per heavy atom. The zero-order chi connectivity index (χ0) is 10.4. The van der Waals surface area contributed by atoms with Crippen molar-refractivity contribution in [2.75, 3.05) is 12.4 Å². The van der Waals surface area contributed by atoms with Crippen molar-refractivity contribution < 1.29 is 14.6 Å². The molecule has 0 aliphatic heterocycles. The van der Waals surface area contributed by atoms with Crippen molar-refractivity contribution in [3.63, 3.8) is 0 Å². The SMILES string of the molecule is O=C(OCCCS)c1ccc(O)cc1. The zero-order valence-corrected chi connectivity index (χ0v) is 8.54. The number of phenolic OH excluding ortho intramolecular Hbond substituents is 1. The Morgan fingerprint density at radius 1 is 1.36 bits per heavy atom. The van der Waals surface area contributed by atoms with E-state index in [1.165, 1.54) is 24.3 Å². The monoisotopic (exact) mass is 212 g/mol. The van der Waals surface area contributed by atoms with Crippen LogP contribution < -0.4 is 0 Å². The molecule has 0 aliphatic carbocycles. The average molecular weight is 212 g/mol. The summed E-state index contributed by atoms with van der Waals surface area (Å²) >= 11 is 4.00. The van der Waals surface area contributed by atoms with Gasteiger partial charge in [0.15, 0.2) is 0 Å². The van der Waals surface area contributed by atoms with Crippen molar-refractivity contribution in [2.45, 2.75) is 6.42 Å². The summed E-state index contributed by atoms with van der Waals surface area (Å²) in [5.41, 5.74) is 0.446. The minimum absolute atomic E-state index is 0.136. The lowest BCUT2D eigenvalue weighted by Crippen LogP contribution is -2.06. The standard InChI is InChI=1S/C10H12O3S/c11-9-4-2-8(3-5-9)10(12)13-6-1-7-14/h2-5,11,14H,1,6-7H2. The van der Waals surface area contributed by atoms with Crippen LogP contribution in [0.25, 0.3) is 0 Å². The highest BCUT2D eigenvalue weighted by atomic mass is 32.1. The fraction of sp³-hybridized carbons (Fsp3) is 0.300. The number of phenols is 1. The van der Waals surface area contributed by atoms with Crippen LogP contribution in [0.2, 0.25) is 0 Å². The number of aromatic hydroxyl groups is 1. The Balaban J connectivity index is 2.48. The molecule has 1 N–H and O–H groups in total. The van der Waals surface area contributed by atoms with Gasteiger partial charge in [-0.05, 0) is 36.4 Å². The lowest BCUT2D eigenvalue weighted by Gasteiger charge is -2.03. The van der Waals surface area contributed by atoms with Gasteiger partial charge in [-0.1, -0.05) is 0 Å². The van der Waals surface area contributed by atoms with Crippen molar-refractivity contribution >= 4 is 18.6 Å². The molecule has 14 heavy (non-hydrogen) atoms. The fourth-order valence-corrected chi connectivity index (χ4v) is 1.04. The molecule has 0 radical (unpaired) electrons. The molecule has 76 valence electrons. The largest absolute Gasteiger partial charge is 0.508 e. The van der Waals surface area contributed by atoms with Crippen molar-refractivity contribution in [1.82, 2.24) is 0 Å². The van der Waals surface area contributed by atoms with Crippen LogP contribution in [0.1, 0.15) is 16.8 Å². The summed E-state index contributed by atoms with van der Waals surface area (Å²) in [7, 11) is 0. The number of thiol groups is 1. The number of rotatable bonds is 4. The highest BCUT2D eigenvalue weighted by Gasteiger charge is 2.05. The topological polar surface area (TPSA) is 46.5 Å². The van der Waals surface area contributed by atoms with E-state index in [9.17, 15) is 4.79 Å². The summed E-state index contributed by atoms with van der Waals surface area (Å²) in [4.78, 5) is 11.3. The molecule has 0 aliphatic rings. The number of benzene rings is 1. The van der Waals surface area contributed by atoms with E-state index in [2.05, 4.69) is 12.6 Å². The van der Waals surface area contributed by atoms with Gasteiger partial charge < -0.3 is 9.84 Å². The minimum atomic E-state index is -0.369. The van der Waals surface area contributed by atoms with Gasteiger partial charge in [-0.25, -0.2) is 4.79 Å². The number of esters is 1. The molecule has 1 rings (SSSR count). The van der Waals surface area contributed by atoms with E-state index in [0.29, 0.717) is 17.9 Å². The molecule has 0 saturated carbocycles. The fourth-order valence-electron chi connectivity index (χ4n) is 0.910. The smallest absolute Gasteiger partial charge is 0.338 e. The molecule has 1 aromatic carbocycles. The Hall–Kier alpha value is -1.16. The van der Waals surface area contributed by atoms with E-state index in [-0.39, 0.29) is 11.7 Å². The lowest BCUT2D eigenvalue weighted by molar-refractivity contribution is 0.0506. The summed E-state index contributed by atoms with van der Waals surface area (Å²) in [5.74, 6) is 0.465. The first-order chi connectivity index (χ1) is 6.74. The third-order valence-electron chi connectivity index (χ3n) is 1.64. The van der Waals surface area contributed by atoms with Gasteiger partial charge in [-0.2, -0.15) is 12.6 Å². The van der Waals surface area contributed by atoms with Gasteiger partial charge in [-0.15, -0.1) is 0 Å². The van der Waals surface area contributed by atoms with Crippen molar-refractivity contribution in [2.24, 2.45) is 0 Å². The minimum Gasteiger partial charge on any atom is -0.508 e. The molecule has 0 heterocycles. The van der Waals surface area contributed by atoms with Crippen LogP contribution in [0.5, 0.6) is 5.75 Å². The lowest BCUT2D eigenvalue weighted by atomic mass is 10.2. The molecule has 3 nitrogen and oxygen atoms in total. The van der Waals surface area contributed by atoms with Gasteiger partial charge in [-0.3, -0.25) is 0 Å². The summed E-state index contributed by atoms with van der Waals surface area (Å²) in [6.45, 7) is 0.378. The molecule has 0 fully saturated rings. The van der Waals surface area contributed by atoms with Crippen molar-refractivity contribution in [3.8, 4) is 5.75 Å². The molecule has 0 spiro atoms. The van der Waals surface area contributed by atoms with Crippen molar-refractivity contribution in [1.29, 1.82) is 0 Å². The molecular weight excluding hydrogens is 200 g/mol. The van der Waals surface area contributed by atoms with Crippen LogP contribution in [0.15, 0.2) is 24.3 Å². The molecule has 0 aromatic heterocycles.